The first-order valence-corrected chi connectivity index (χ1v) is 7.15. The van der Waals surface area contributed by atoms with E-state index in [9.17, 15) is 0 Å². The molecule has 100 valence electrons. The fourth-order valence-corrected chi connectivity index (χ4v) is 3.01. The molecule has 0 amide bonds. The van der Waals surface area contributed by atoms with E-state index in [1.54, 1.807) is 0 Å². The summed E-state index contributed by atoms with van der Waals surface area (Å²) in [5, 5.41) is 2.48. The van der Waals surface area contributed by atoms with Crippen LogP contribution in [0, 0.1) is 5.92 Å². The Morgan fingerprint density at radius 2 is 2.11 bits per heavy atom. The molecule has 1 fully saturated rings. The molecule has 19 heavy (non-hydrogen) atoms. The van der Waals surface area contributed by atoms with Gasteiger partial charge < -0.3 is 10.6 Å². The molecule has 2 aromatic rings. The summed E-state index contributed by atoms with van der Waals surface area (Å²) in [6.45, 7) is 5.08. The summed E-state index contributed by atoms with van der Waals surface area (Å²) in [6.07, 6.45) is 4.48. The molecule has 0 radical (unpaired) electrons. The minimum absolute atomic E-state index is 0.547. The first kappa shape index (κ1) is 12.4. The van der Waals surface area contributed by atoms with Crippen LogP contribution in [-0.4, -0.2) is 18.1 Å². The first-order chi connectivity index (χ1) is 9.33. The molecule has 2 N–H and O–H groups in total. The van der Waals surface area contributed by atoms with Gasteiger partial charge in [-0.05, 0) is 23.3 Å². The molecule has 0 spiro atoms. The van der Waals surface area contributed by atoms with E-state index in [4.69, 9.17) is 5.73 Å². The summed E-state index contributed by atoms with van der Waals surface area (Å²) in [4.78, 5) is 7.10. The van der Waals surface area contributed by atoms with Gasteiger partial charge in [0, 0.05) is 31.2 Å². The summed E-state index contributed by atoms with van der Waals surface area (Å²) >= 11 is 0. The molecule has 1 aliphatic rings. The van der Waals surface area contributed by atoms with Gasteiger partial charge in [0.05, 0.1) is 0 Å². The smallest absolute Gasteiger partial charge is 0.136 e. The topological polar surface area (TPSA) is 42.2 Å². The Labute approximate surface area is 114 Å². The summed E-state index contributed by atoms with van der Waals surface area (Å²) in [5.74, 6) is 1.94. The minimum Gasteiger partial charge on any atom is -0.356 e. The summed E-state index contributed by atoms with van der Waals surface area (Å²) in [7, 11) is 0. The SMILES string of the molecule is CCC1CCN(c2ncc(CN)c3ccccc23)C1. The molecule has 0 saturated carbocycles. The van der Waals surface area contributed by atoms with Crippen LogP contribution in [0.3, 0.4) is 0 Å². The van der Waals surface area contributed by atoms with Crippen molar-refractivity contribution >= 4 is 16.6 Å². The van der Waals surface area contributed by atoms with Crippen molar-refractivity contribution in [1.82, 2.24) is 4.98 Å². The van der Waals surface area contributed by atoms with Crippen molar-refractivity contribution in [3.63, 3.8) is 0 Å². The highest BCUT2D eigenvalue weighted by Crippen LogP contribution is 2.31. The van der Waals surface area contributed by atoms with Crippen LogP contribution in [0.2, 0.25) is 0 Å². The van der Waals surface area contributed by atoms with Crippen molar-refractivity contribution in [2.75, 3.05) is 18.0 Å². The summed E-state index contributed by atoms with van der Waals surface area (Å²) in [5.41, 5.74) is 6.94. The molecule has 3 nitrogen and oxygen atoms in total. The lowest BCUT2D eigenvalue weighted by atomic mass is 10.1. The number of pyridine rings is 1. The Morgan fingerprint density at radius 1 is 1.32 bits per heavy atom. The number of hydrogen-bond acceptors (Lipinski definition) is 3. The summed E-state index contributed by atoms with van der Waals surface area (Å²) < 4.78 is 0. The molecule has 1 aliphatic heterocycles. The zero-order valence-corrected chi connectivity index (χ0v) is 11.5. The largest absolute Gasteiger partial charge is 0.356 e. The van der Waals surface area contributed by atoms with Crippen molar-refractivity contribution in [1.29, 1.82) is 0 Å². The maximum atomic E-state index is 5.81. The normalized spacial score (nSPS) is 19.3. The van der Waals surface area contributed by atoms with Gasteiger partial charge in [-0.25, -0.2) is 4.98 Å². The zero-order chi connectivity index (χ0) is 13.2. The van der Waals surface area contributed by atoms with Gasteiger partial charge in [-0.3, -0.25) is 0 Å². The number of nitrogens with zero attached hydrogens (tertiary/aromatic N) is 2. The molecule has 1 atom stereocenters. The third kappa shape index (κ3) is 2.19. The fraction of sp³-hybridized carbons (Fsp3) is 0.438. The van der Waals surface area contributed by atoms with Crippen molar-refractivity contribution in [3.05, 3.63) is 36.0 Å². The molecule has 1 aromatic carbocycles. The molecule has 1 saturated heterocycles. The lowest BCUT2D eigenvalue weighted by Gasteiger charge is -2.20. The lowest BCUT2D eigenvalue weighted by molar-refractivity contribution is 0.569. The van der Waals surface area contributed by atoms with E-state index in [1.165, 1.54) is 23.6 Å². The van der Waals surface area contributed by atoms with Crippen LogP contribution in [-0.2, 0) is 6.54 Å². The Hall–Kier alpha value is -1.61. The van der Waals surface area contributed by atoms with Gasteiger partial charge in [0.15, 0.2) is 0 Å². The third-order valence-electron chi connectivity index (χ3n) is 4.24. The van der Waals surface area contributed by atoms with E-state index >= 15 is 0 Å². The molecule has 1 aromatic heterocycles. The molecule has 1 unspecified atom stereocenters. The van der Waals surface area contributed by atoms with Crippen LogP contribution in [0.1, 0.15) is 25.3 Å². The van der Waals surface area contributed by atoms with Gasteiger partial charge in [-0.15, -0.1) is 0 Å². The van der Waals surface area contributed by atoms with Crippen LogP contribution in [0.4, 0.5) is 5.82 Å². The maximum Gasteiger partial charge on any atom is 0.136 e. The number of benzene rings is 1. The number of fused-ring (bicyclic) bond motifs is 1. The van der Waals surface area contributed by atoms with Crippen LogP contribution in [0.15, 0.2) is 30.5 Å². The number of hydrogen-bond donors (Lipinski definition) is 1. The average molecular weight is 255 g/mol. The number of anilines is 1. The van der Waals surface area contributed by atoms with Crippen molar-refractivity contribution in [2.24, 2.45) is 11.7 Å². The Balaban J connectivity index is 2.05. The molecule has 0 bridgehead atoms. The molecular formula is C16H21N3. The monoisotopic (exact) mass is 255 g/mol. The molecular weight excluding hydrogens is 234 g/mol. The van der Waals surface area contributed by atoms with E-state index in [0.29, 0.717) is 6.54 Å². The van der Waals surface area contributed by atoms with Crippen LogP contribution >= 0.6 is 0 Å². The van der Waals surface area contributed by atoms with Gasteiger partial charge in [-0.2, -0.15) is 0 Å². The first-order valence-electron chi connectivity index (χ1n) is 7.15. The highest BCUT2D eigenvalue weighted by Gasteiger charge is 2.23. The Kier molecular flexibility index (Phi) is 3.38. The number of nitrogens with two attached hydrogens (primary N) is 1. The summed E-state index contributed by atoms with van der Waals surface area (Å²) in [6, 6.07) is 8.47. The van der Waals surface area contributed by atoms with E-state index in [2.05, 4.69) is 41.1 Å². The van der Waals surface area contributed by atoms with Crippen LogP contribution < -0.4 is 10.6 Å². The second-order valence-electron chi connectivity index (χ2n) is 5.37. The molecule has 3 rings (SSSR count). The van der Waals surface area contributed by atoms with Crippen LogP contribution in [0.5, 0.6) is 0 Å². The van der Waals surface area contributed by atoms with Gasteiger partial charge in [0.1, 0.15) is 5.82 Å². The van der Waals surface area contributed by atoms with E-state index in [-0.39, 0.29) is 0 Å². The van der Waals surface area contributed by atoms with E-state index < -0.39 is 0 Å². The van der Waals surface area contributed by atoms with Gasteiger partial charge >= 0.3 is 0 Å². The van der Waals surface area contributed by atoms with Gasteiger partial charge in [0.25, 0.3) is 0 Å². The van der Waals surface area contributed by atoms with E-state index in [0.717, 1.165) is 30.4 Å². The van der Waals surface area contributed by atoms with Crippen molar-refractivity contribution in [3.8, 4) is 0 Å². The standard InChI is InChI=1S/C16H21N3/c1-2-12-7-8-19(11-12)16-15-6-4-3-5-14(15)13(9-17)10-18-16/h3-6,10,12H,2,7-9,11,17H2,1H3. The highest BCUT2D eigenvalue weighted by molar-refractivity contribution is 5.94. The van der Waals surface area contributed by atoms with Gasteiger partial charge in [0.2, 0.25) is 0 Å². The second-order valence-corrected chi connectivity index (χ2v) is 5.37. The second kappa shape index (κ2) is 5.17. The fourth-order valence-electron chi connectivity index (χ4n) is 3.01. The van der Waals surface area contributed by atoms with Crippen LogP contribution in [0.25, 0.3) is 10.8 Å². The number of rotatable bonds is 3. The Morgan fingerprint density at radius 3 is 2.79 bits per heavy atom. The van der Waals surface area contributed by atoms with E-state index in [1.807, 2.05) is 6.20 Å². The average Bonchev–Trinajstić information content (AvgIpc) is 2.95. The zero-order valence-electron chi connectivity index (χ0n) is 11.5. The van der Waals surface area contributed by atoms with Gasteiger partial charge in [-0.1, -0.05) is 37.6 Å². The predicted octanol–water partition coefficient (Wildman–Crippen LogP) is 2.93. The highest BCUT2D eigenvalue weighted by atomic mass is 15.2. The Bertz CT molecular complexity index is 579. The molecule has 0 aliphatic carbocycles. The molecule has 2 heterocycles. The maximum absolute atomic E-state index is 5.81. The van der Waals surface area contributed by atoms with Crippen molar-refractivity contribution < 1.29 is 0 Å². The lowest BCUT2D eigenvalue weighted by Crippen LogP contribution is -2.21. The molecule has 3 heteroatoms. The third-order valence-corrected chi connectivity index (χ3v) is 4.24. The quantitative estimate of drug-likeness (QED) is 0.917. The number of aromatic nitrogens is 1. The van der Waals surface area contributed by atoms with Crippen molar-refractivity contribution in [2.45, 2.75) is 26.3 Å². The minimum atomic E-state index is 0.547. The predicted molar refractivity (Wildman–Crippen MR) is 80.2 cm³/mol.